The third-order valence-corrected chi connectivity index (χ3v) is 6.53. The average Bonchev–Trinajstić information content (AvgIpc) is 3.39. The average molecular weight is 371 g/mol. The van der Waals surface area contributed by atoms with Crippen LogP contribution in [0.3, 0.4) is 0 Å². The number of benzene rings is 1. The molecule has 0 atom stereocenters. The maximum absolute atomic E-state index is 12.6. The normalized spacial score (nSPS) is 18.7. The Bertz CT molecular complexity index is 934. The van der Waals surface area contributed by atoms with Crippen LogP contribution in [0, 0.1) is 11.3 Å². The largest absolute Gasteiger partial charge is 0.355 e. The molecule has 0 amide bonds. The summed E-state index contributed by atoms with van der Waals surface area (Å²) in [7, 11) is -3.61. The topological polar surface area (TPSA) is 102 Å². The van der Waals surface area contributed by atoms with Gasteiger partial charge in [-0.1, -0.05) is 6.07 Å². The molecule has 8 heteroatoms. The Morgan fingerprint density at radius 1 is 1.19 bits per heavy atom. The summed E-state index contributed by atoms with van der Waals surface area (Å²) in [5.74, 6) is 1.60. The van der Waals surface area contributed by atoms with Crippen molar-refractivity contribution in [3.8, 4) is 6.07 Å². The first-order chi connectivity index (χ1) is 12.5. The molecule has 2 aliphatic rings. The van der Waals surface area contributed by atoms with Crippen LogP contribution in [-0.4, -0.2) is 37.7 Å². The Kier molecular flexibility index (Phi) is 4.42. The van der Waals surface area contributed by atoms with E-state index in [0.29, 0.717) is 11.5 Å². The number of sulfonamides is 1. The second-order valence-corrected chi connectivity index (χ2v) is 8.69. The molecule has 2 N–H and O–H groups in total. The van der Waals surface area contributed by atoms with Gasteiger partial charge in [-0.2, -0.15) is 10.4 Å². The van der Waals surface area contributed by atoms with Gasteiger partial charge in [-0.05, 0) is 43.9 Å². The maximum atomic E-state index is 12.6. The van der Waals surface area contributed by atoms with Crippen LogP contribution in [0.4, 0.5) is 5.82 Å². The molecule has 1 saturated carbocycles. The smallest absolute Gasteiger partial charge is 0.240 e. The zero-order valence-electron chi connectivity index (χ0n) is 14.4. The van der Waals surface area contributed by atoms with Gasteiger partial charge < -0.3 is 4.90 Å². The summed E-state index contributed by atoms with van der Waals surface area (Å²) < 4.78 is 27.9. The summed E-state index contributed by atoms with van der Waals surface area (Å²) in [5.41, 5.74) is 1.55. The molecule has 2 heterocycles. The highest BCUT2D eigenvalue weighted by Gasteiger charge is 2.28. The van der Waals surface area contributed by atoms with Crippen molar-refractivity contribution in [3.05, 3.63) is 41.6 Å². The van der Waals surface area contributed by atoms with Gasteiger partial charge in [0.15, 0.2) is 5.82 Å². The first kappa shape index (κ1) is 17.1. The molecule has 0 spiro atoms. The van der Waals surface area contributed by atoms with Gasteiger partial charge >= 0.3 is 0 Å². The van der Waals surface area contributed by atoms with Crippen LogP contribution >= 0.6 is 0 Å². The molecule has 4 rings (SSSR count). The molecular formula is C18H21N5O2S. The van der Waals surface area contributed by atoms with Gasteiger partial charge in [0.05, 0.1) is 16.5 Å². The van der Waals surface area contributed by atoms with E-state index in [1.54, 1.807) is 12.1 Å². The molecule has 0 bridgehead atoms. The molecule has 1 aromatic heterocycles. The fourth-order valence-corrected chi connectivity index (χ4v) is 4.69. The van der Waals surface area contributed by atoms with Crippen molar-refractivity contribution < 1.29 is 8.42 Å². The minimum absolute atomic E-state index is 0.108. The number of aromatic amines is 1. The Hall–Kier alpha value is -2.37. The van der Waals surface area contributed by atoms with E-state index in [0.717, 1.165) is 31.7 Å². The third kappa shape index (κ3) is 3.59. The molecule has 0 radical (unpaired) electrons. The molecule has 1 saturated heterocycles. The Morgan fingerprint density at radius 2 is 1.96 bits per heavy atom. The number of anilines is 1. The summed E-state index contributed by atoms with van der Waals surface area (Å²) in [5, 5.41) is 16.5. The second kappa shape index (κ2) is 6.74. The summed E-state index contributed by atoms with van der Waals surface area (Å²) in [6.45, 7) is 1.53. The van der Waals surface area contributed by atoms with Crippen LogP contribution in [0.1, 0.15) is 42.9 Å². The van der Waals surface area contributed by atoms with Crippen LogP contribution < -0.4 is 9.62 Å². The third-order valence-electron chi connectivity index (χ3n) is 5.02. The lowest BCUT2D eigenvalue weighted by atomic mass is 10.1. The lowest BCUT2D eigenvalue weighted by molar-refractivity contribution is 0.458. The number of nitrogens with one attached hydrogen (secondary N) is 2. The lowest BCUT2D eigenvalue weighted by Gasteiger charge is -2.32. The van der Waals surface area contributed by atoms with Crippen molar-refractivity contribution in [2.45, 2.75) is 42.5 Å². The standard InChI is InChI=1S/C18H21N5O2S/c19-12-13-2-1-3-16(10-13)26(24,25)22-15-6-8-23(9-7-15)18-11-17(20-21-18)14-4-5-14/h1-3,10-11,14-15,22H,4-9H2,(H,20,21). The van der Waals surface area contributed by atoms with Gasteiger partial charge in [-0.25, -0.2) is 13.1 Å². The van der Waals surface area contributed by atoms with E-state index in [-0.39, 0.29) is 10.9 Å². The fraction of sp³-hybridized carbons (Fsp3) is 0.444. The SMILES string of the molecule is N#Cc1cccc(S(=O)(=O)NC2CCN(c3cc(C4CC4)[nH]n3)CC2)c1. The van der Waals surface area contributed by atoms with E-state index in [1.165, 1.54) is 30.7 Å². The molecule has 1 aromatic carbocycles. The Morgan fingerprint density at radius 3 is 2.65 bits per heavy atom. The predicted octanol–water partition coefficient (Wildman–Crippen LogP) is 2.11. The first-order valence-corrected chi connectivity index (χ1v) is 10.4. The summed E-state index contributed by atoms with van der Waals surface area (Å²) in [6.07, 6.45) is 3.92. The first-order valence-electron chi connectivity index (χ1n) is 8.88. The van der Waals surface area contributed by atoms with Gasteiger partial charge in [0.25, 0.3) is 0 Å². The summed E-state index contributed by atoms with van der Waals surface area (Å²) in [6, 6.07) is 10.1. The number of nitrogens with zero attached hydrogens (tertiary/aromatic N) is 3. The van der Waals surface area contributed by atoms with Gasteiger partial charge in [-0.3, -0.25) is 5.10 Å². The fourth-order valence-electron chi connectivity index (χ4n) is 3.34. The van der Waals surface area contributed by atoms with E-state index in [2.05, 4.69) is 25.9 Å². The van der Waals surface area contributed by atoms with Crippen LogP contribution in [0.15, 0.2) is 35.2 Å². The zero-order valence-corrected chi connectivity index (χ0v) is 15.2. The number of hydrogen-bond acceptors (Lipinski definition) is 5. The van der Waals surface area contributed by atoms with E-state index in [1.807, 2.05) is 6.07 Å². The van der Waals surface area contributed by atoms with E-state index < -0.39 is 10.0 Å². The van der Waals surface area contributed by atoms with Gasteiger partial charge in [0.2, 0.25) is 10.0 Å². The molecule has 0 unspecified atom stereocenters. The van der Waals surface area contributed by atoms with Crippen molar-refractivity contribution in [1.82, 2.24) is 14.9 Å². The van der Waals surface area contributed by atoms with Gasteiger partial charge in [0.1, 0.15) is 0 Å². The van der Waals surface area contributed by atoms with Gasteiger partial charge in [-0.15, -0.1) is 0 Å². The second-order valence-electron chi connectivity index (χ2n) is 6.98. The quantitative estimate of drug-likeness (QED) is 0.838. The molecular weight excluding hydrogens is 350 g/mol. The van der Waals surface area contributed by atoms with Crippen molar-refractivity contribution in [2.75, 3.05) is 18.0 Å². The zero-order chi connectivity index (χ0) is 18.1. The van der Waals surface area contributed by atoms with Crippen LogP contribution in [0.25, 0.3) is 0 Å². The minimum atomic E-state index is -3.61. The van der Waals surface area contributed by atoms with Crippen LogP contribution in [0.5, 0.6) is 0 Å². The van der Waals surface area contributed by atoms with Crippen molar-refractivity contribution >= 4 is 15.8 Å². The molecule has 1 aliphatic carbocycles. The predicted molar refractivity (Wildman–Crippen MR) is 97.3 cm³/mol. The van der Waals surface area contributed by atoms with Crippen LogP contribution in [0.2, 0.25) is 0 Å². The Labute approximate surface area is 153 Å². The van der Waals surface area contributed by atoms with E-state index in [4.69, 9.17) is 5.26 Å². The summed E-state index contributed by atoms with van der Waals surface area (Å²) >= 11 is 0. The molecule has 136 valence electrons. The number of nitriles is 1. The highest BCUT2D eigenvalue weighted by molar-refractivity contribution is 7.89. The molecule has 1 aliphatic heterocycles. The number of aromatic nitrogens is 2. The number of rotatable bonds is 5. The molecule has 7 nitrogen and oxygen atoms in total. The van der Waals surface area contributed by atoms with E-state index in [9.17, 15) is 8.42 Å². The summed E-state index contributed by atoms with van der Waals surface area (Å²) in [4.78, 5) is 2.34. The van der Waals surface area contributed by atoms with Crippen molar-refractivity contribution in [2.24, 2.45) is 0 Å². The van der Waals surface area contributed by atoms with Crippen molar-refractivity contribution in [1.29, 1.82) is 5.26 Å². The Balaban J connectivity index is 1.37. The molecule has 26 heavy (non-hydrogen) atoms. The highest BCUT2D eigenvalue weighted by Crippen LogP contribution is 2.40. The van der Waals surface area contributed by atoms with Crippen molar-refractivity contribution in [3.63, 3.8) is 0 Å². The van der Waals surface area contributed by atoms with Crippen LogP contribution in [-0.2, 0) is 10.0 Å². The lowest BCUT2D eigenvalue weighted by Crippen LogP contribution is -2.44. The number of hydrogen-bond donors (Lipinski definition) is 2. The highest BCUT2D eigenvalue weighted by atomic mass is 32.2. The monoisotopic (exact) mass is 371 g/mol. The minimum Gasteiger partial charge on any atom is -0.355 e. The molecule has 2 fully saturated rings. The van der Waals surface area contributed by atoms with Gasteiger partial charge in [0, 0.05) is 36.8 Å². The maximum Gasteiger partial charge on any atom is 0.240 e. The van der Waals surface area contributed by atoms with E-state index >= 15 is 0 Å². The molecule has 2 aromatic rings. The number of piperidine rings is 1. The number of H-pyrrole nitrogens is 1.